The third kappa shape index (κ3) is 3.49. The molecule has 0 saturated heterocycles. The summed E-state index contributed by atoms with van der Waals surface area (Å²) in [6.07, 6.45) is 0.777. The van der Waals surface area contributed by atoms with E-state index in [-0.39, 0.29) is 11.7 Å². The number of carbonyl (C=O) groups excluding carboxylic acids is 2. The number of esters is 1. The van der Waals surface area contributed by atoms with E-state index in [1.165, 1.54) is 0 Å². The number of nitrogens with zero attached hydrogens (tertiary/aromatic N) is 3. The lowest BCUT2D eigenvalue weighted by Crippen LogP contribution is -2.14. The SMILES string of the molecule is CCCOC(=O)c1cccc(Cn2nnc(C(N)=O)c2C)c1. The summed E-state index contributed by atoms with van der Waals surface area (Å²) in [5.74, 6) is -0.961. The van der Waals surface area contributed by atoms with Gasteiger partial charge in [-0.1, -0.05) is 24.3 Å². The van der Waals surface area contributed by atoms with Crippen molar-refractivity contribution in [1.29, 1.82) is 0 Å². The fraction of sp³-hybridized carbons (Fsp3) is 0.333. The molecule has 7 nitrogen and oxygen atoms in total. The Balaban J connectivity index is 2.17. The number of carbonyl (C=O) groups is 2. The van der Waals surface area contributed by atoms with Gasteiger partial charge in [-0.25, -0.2) is 9.48 Å². The second-order valence-electron chi connectivity index (χ2n) is 4.88. The molecule has 0 fully saturated rings. The Hall–Kier alpha value is -2.70. The first-order valence-electron chi connectivity index (χ1n) is 6.99. The maximum Gasteiger partial charge on any atom is 0.338 e. The zero-order valence-corrected chi connectivity index (χ0v) is 12.6. The lowest BCUT2D eigenvalue weighted by atomic mass is 10.1. The van der Waals surface area contributed by atoms with Crippen LogP contribution in [-0.2, 0) is 11.3 Å². The van der Waals surface area contributed by atoms with E-state index in [9.17, 15) is 9.59 Å². The van der Waals surface area contributed by atoms with Crippen molar-refractivity contribution in [3.63, 3.8) is 0 Å². The Labute approximate surface area is 128 Å². The predicted molar refractivity (Wildman–Crippen MR) is 79.4 cm³/mol. The van der Waals surface area contributed by atoms with Gasteiger partial charge >= 0.3 is 5.97 Å². The average Bonchev–Trinajstić information content (AvgIpc) is 2.86. The molecule has 0 aliphatic heterocycles. The van der Waals surface area contributed by atoms with E-state index in [1.54, 1.807) is 29.8 Å². The molecule has 2 N–H and O–H groups in total. The first-order valence-corrected chi connectivity index (χ1v) is 6.99. The molecule has 1 aromatic carbocycles. The molecule has 0 atom stereocenters. The van der Waals surface area contributed by atoms with E-state index in [4.69, 9.17) is 10.5 Å². The number of primary amides is 1. The summed E-state index contributed by atoms with van der Waals surface area (Å²) in [5, 5.41) is 7.66. The van der Waals surface area contributed by atoms with Gasteiger partial charge in [-0.2, -0.15) is 0 Å². The van der Waals surface area contributed by atoms with Gasteiger partial charge in [0.1, 0.15) is 0 Å². The first-order chi connectivity index (χ1) is 10.5. The van der Waals surface area contributed by atoms with E-state index in [0.717, 1.165) is 12.0 Å². The van der Waals surface area contributed by atoms with Crippen molar-refractivity contribution in [2.24, 2.45) is 5.73 Å². The number of ether oxygens (including phenoxy) is 1. The van der Waals surface area contributed by atoms with Crippen molar-refractivity contribution in [1.82, 2.24) is 15.0 Å². The summed E-state index contributed by atoms with van der Waals surface area (Å²) < 4.78 is 6.67. The third-order valence-corrected chi connectivity index (χ3v) is 3.15. The lowest BCUT2D eigenvalue weighted by Gasteiger charge is -2.07. The highest BCUT2D eigenvalue weighted by molar-refractivity contribution is 5.91. The largest absolute Gasteiger partial charge is 0.462 e. The molecule has 0 saturated carbocycles. The Kier molecular flexibility index (Phi) is 4.88. The molecule has 1 heterocycles. The molecular weight excluding hydrogens is 284 g/mol. The van der Waals surface area contributed by atoms with Crippen LogP contribution in [0.1, 0.15) is 45.4 Å². The lowest BCUT2D eigenvalue weighted by molar-refractivity contribution is 0.0505. The second-order valence-corrected chi connectivity index (χ2v) is 4.88. The van der Waals surface area contributed by atoms with Crippen LogP contribution >= 0.6 is 0 Å². The fourth-order valence-electron chi connectivity index (χ4n) is 1.99. The standard InChI is InChI=1S/C15H18N4O3/c1-3-7-22-15(21)12-6-4-5-11(8-12)9-19-10(2)13(14(16)20)17-18-19/h4-6,8H,3,7,9H2,1-2H3,(H2,16,20). The molecule has 1 amide bonds. The van der Waals surface area contributed by atoms with Crippen LogP contribution in [0.15, 0.2) is 24.3 Å². The van der Waals surface area contributed by atoms with Crippen molar-refractivity contribution in [2.75, 3.05) is 6.61 Å². The highest BCUT2D eigenvalue weighted by Gasteiger charge is 2.14. The van der Waals surface area contributed by atoms with E-state index in [2.05, 4.69) is 10.3 Å². The van der Waals surface area contributed by atoms with Crippen molar-refractivity contribution in [2.45, 2.75) is 26.8 Å². The molecule has 0 radical (unpaired) electrons. The van der Waals surface area contributed by atoms with Gasteiger partial charge < -0.3 is 10.5 Å². The average molecular weight is 302 g/mol. The number of amides is 1. The number of hydrogen-bond acceptors (Lipinski definition) is 5. The van der Waals surface area contributed by atoms with Crippen LogP contribution < -0.4 is 5.73 Å². The molecule has 2 aromatic rings. The van der Waals surface area contributed by atoms with E-state index >= 15 is 0 Å². The van der Waals surface area contributed by atoms with Gasteiger partial charge in [-0.05, 0) is 31.0 Å². The van der Waals surface area contributed by atoms with Crippen molar-refractivity contribution in [3.05, 3.63) is 46.8 Å². The number of nitrogens with two attached hydrogens (primary N) is 1. The minimum absolute atomic E-state index is 0.151. The van der Waals surface area contributed by atoms with Gasteiger partial charge in [0.2, 0.25) is 0 Å². The van der Waals surface area contributed by atoms with Crippen LogP contribution in [0.5, 0.6) is 0 Å². The van der Waals surface area contributed by atoms with Crippen molar-refractivity contribution in [3.8, 4) is 0 Å². The van der Waals surface area contributed by atoms with E-state index in [1.807, 2.05) is 13.0 Å². The van der Waals surface area contributed by atoms with Gasteiger partial charge in [0, 0.05) is 0 Å². The monoisotopic (exact) mass is 302 g/mol. The number of benzene rings is 1. The van der Waals surface area contributed by atoms with E-state index in [0.29, 0.717) is 24.4 Å². The summed E-state index contributed by atoms with van der Waals surface area (Å²) in [6, 6.07) is 7.08. The molecule has 0 unspecified atom stereocenters. The molecular formula is C15H18N4O3. The van der Waals surface area contributed by atoms with Crippen LogP contribution in [0.2, 0.25) is 0 Å². The Morgan fingerprint density at radius 3 is 2.77 bits per heavy atom. The van der Waals surface area contributed by atoms with Gasteiger partial charge in [0.25, 0.3) is 5.91 Å². The topological polar surface area (TPSA) is 100 Å². The van der Waals surface area contributed by atoms with Crippen LogP contribution in [-0.4, -0.2) is 33.5 Å². The summed E-state index contributed by atoms with van der Waals surface area (Å²) in [4.78, 5) is 23.0. The Bertz CT molecular complexity index is 694. The predicted octanol–water partition coefficient (Wildman–Crippen LogP) is 1.30. The minimum atomic E-state index is -0.611. The van der Waals surface area contributed by atoms with E-state index < -0.39 is 5.91 Å². The summed E-state index contributed by atoms with van der Waals surface area (Å²) in [7, 11) is 0. The zero-order valence-electron chi connectivity index (χ0n) is 12.6. The smallest absolute Gasteiger partial charge is 0.338 e. The van der Waals surface area contributed by atoms with Crippen molar-refractivity contribution < 1.29 is 14.3 Å². The highest BCUT2D eigenvalue weighted by atomic mass is 16.5. The van der Waals surface area contributed by atoms with Gasteiger partial charge in [-0.15, -0.1) is 5.10 Å². The fourth-order valence-corrected chi connectivity index (χ4v) is 1.99. The summed E-state index contributed by atoms with van der Waals surface area (Å²) in [5.41, 5.74) is 7.30. The molecule has 116 valence electrons. The van der Waals surface area contributed by atoms with Crippen LogP contribution in [0.25, 0.3) is 0 Å². The molecule has 22 heavy (non-hydrogen) atoms. The van der Waals surface area contributed by atoms with Crippen LogP contribution in [0.4, 0.5) is 0 Å². The number of aromatic nitrogens is 3. The first kappa shape index (κ1) is 15.7. The number of hydrogen-bond donors (Lipinski definition) is 1. The molecule has 0 spiro atoms. The molecule has 0 bridgehead atoms. The highest BCUT2D eigenvalue weighted by Crippen LogP contribution is 2.11. The zero-order chi connectivity index (χ0) is 16.1. The third-order valence-electron chi connectivity index (χ3n) is 3.15. The minimum Gasteiger partial charge on any atom is -0.462 e. The van der Waals surface area contributed by atoms with Crippen molar-refractivity contribution >= 4 is 11.9 Å². The van der Waals surface area contributed by atoms with Gasteiger partial charge in [-0.3, -0.25) is 4.79 Å². The second kappa shape index (κ2) is 6.84. The molecule has 0 aliphatic rings. The maximum atomic E-state index is 11.9. The van der Waals surface area contributed by atoms with Crippen LogP contribution in [0, 0.1) is 6.92 Å². The van der Waals surface area contributed by atoms with Crippen LogP contribution in [0.3, 0.4) is 0 Å². The quantitative estimate of drug-likeness (QED) is 0.811. The van der Waals surface area contributed by atoms with Gasteiger partial charge in [0.15, 0.2) is 5.69 Å². The normalized spacial score (nSPS) is 10.5. The summed E-state index contributed by atoms with van der Waals surface area (Å²) >= 11 is 0. The molecule has 7 heteroatoms. The Morgan fingerprint density at radius 2 is 2.14 bits per heavy atom. The summed E-state index contributed by atoms with van der Waals surface area (Å²) in [6.45, 7) is 4.45. The maximum absolute atomic E-state index is 11.9. The number of rotatable bonds is 6. The Morgan fingerprint density at radius 1 is 1.36 bits per heavy atom. The molecule has 0 aliphatic carbocycles. The molecule has 1 aromatic heterocycles. The van der Waals surface area contributed by atoms with Gasteiger partial charge in [0.05, 0.1) is 24.4 Å². The molecule has 2 rings (SSSR count).